The first kappa shape index (κ1) is 10.3. The van der Waals surface area contributed by atoms with E-state index in [0.717, 1.165) is 11.3 Å². The van der Waals surface area contributed by atoms with Gasteiger partial charge in [0.2, 0.25) is 0 Å². The van der Waals surface area contributed by atoms with Gasteiger partial charge in [-0.05, 0) is 29.9 Å². The molecule has 1 aliphatic rings. The van der Waals surface area contributed by atoms with Gasteiger partial charge < -0.3 is 5.11 Å². The summed E-state index contributed by atoms with van der Waals surface area (Å²) < 4.78 is 13.5. The molecular weight excluding hydrogens is 223 g/mol. The van der Waals surface area contributed by atoms with Gasteiger partial charge in [-0.2, -0.15) is 11.8 Å². The zero-order chi connectivity index (χ0) is 10.1. The molecule has 1 heterocycles. The number of halogens is 2. The van der Waals surface area contributed by atoms with E-state index < -0.39 is 6.10 Å². The Labute approximate surface area is 91.3 Å². The van der Waals surface area contributed by atoms with Crippen LogP contribution in [0.5, 0.6) is 0 Å². The molecule has 1 aromatic carbocycles. The van der Waals surface area contributed by atoms with Crippen LogP contribution < -0.4 is 0 Å². The second-order valence-electron chi connectivity index (χ2n) is 3.28. The van der Waals surface area contributed by atoms with Crippen LogP contribution in [0.15, 0.2) is 12.1 Å². The first-order valence-electron chi connectivity index (χ1n) is 4.42. The molecule has 2 rings (SSSR count). The Balaban J connectivity index is 2.57. The van der Waals surface area contributed by atoms with Gasteiger partial charge in [0.25, 0.3) is 0 Å². The van der Waals surface area contributed by atoms with Crippen LogP contribution >= 0.6 is 23.4 Å². The summed E-state index contributed by atoms with van der Waals surface area (Å²) in [5.74, 6) is 1.17. The number of hydrogen-bond donors (Lipinski definition) is 1. The largest absolute Gasteiger partial charge is 0.388 e. The van der Waals surface area contributed by atoms with Crippen LogP contribution in [0.4, 0.5) is 4.39 Å². The van der Waals surface area contributed by atoms with Crippen LogP contribution in [0.25, 0.3) is 0 Å². The summed E-state index contributed by atoms with van der Waals surface area (Å²) >= 11 is 7.63. The lowest BCUT2D eigenvalue weighted by Crippen LogP contribution is -2.03. The Morgan fingerprint density at radius 3 is 3.07 bits per heavy atom. The zero-order valence-electron chi connectivity index (χ0n) is 7.46. The first-order chi connectivity index (χ1) is 6.70. The second kappa shape index (κ2) is 4.09. The molecule has 1 nitrogen and oxygen atoms in total. The molecule has 4 heteroatoms. The van der Waals surface area contributed by atoms with Crippen LogP contribution in [0, 0.1) is 5.82 Å². The van der Waals surface area contributed by atoms with Gasteiger partial charge in [-0.25, -0.2) is 4.39 Å². The Morgan fingerprint density at radius 2 is 2.29 bits per heavy atom. The SMILES string of the molecule is O[C@H]1CCSCc2c(Cl)ccc(F)c21. The molecule has 0 fully saturated rings. The molecule has 0 saturated heterocycles. The van der Waals surface area contributed by atoms with E-state index in [4.69, 9.17) is 11.6 Å². The van der Waals surface area contributed by atoms with Crippen LogP contribution in [0.3, 0.4) is 0 Å². The van der Waals surface area contributed by atoms with E-state index in [2.05, 4.69) is 0 Å². The molecule has 0 aliphatic carbocycles. The van der Waals surface area contributed by atoms with Crippen molar-refractivity contribution >= 4 is 23.4 Å². The molecule has 0 radical (unpaired) electrons. The Bertz CT molecular complexity index is 356. The van der Waals surface area contributed by atoms with Crippen molar-refractivity contribution in [1.82, 2.24) is 0 Å². The van der Waals surface area contributed by atoms with E-state index in [1.165, 1.54) is 6.07 Å². The lowest BCUT2D eigenvalue weighted by atomic mass is 10.0. The van der Waals surface area contributed by atoms with Crippen molar-refractivity contribution < 1.29 is 9.50 Å². The third-order valence-electron chi connectivity index (χ3n) is 2.36. The monoisotopic (exact) mass is 232 g/mol. The topological polar surface area (TPSA) is 20.2 Å². The number of aliphatic hydroxyl groups is 1. The molecule has 0 amide bonds. The lowest BCUT2D eigenvalue weighted by Gasteiger charge is -2.13. The average Bonchev–Trinajstić information content (AvgIpc) is 2.35. The Kier molecular flexibility index (Phi) is 3.00. The van der Waals surface area contributed by atoms with Gasteiger partial charge in [0.05, 0.1) is 6.10 Å². The van der Waals surface area contributed by atoms with Crippen molar-refractivity contribution in [1.29, 1.82) is 0 Å². The second-order valence-corrected chi connectivity index (χ2v) is 4.79. The highest BCUT2D eigenvalue weighted by atomic mass is 35.5. The number of benzene rings is 1. The minimum absolute atomic E-state index is 0.348. The number of rotatable bonds is 0. The van der Waals surface area contributed by atoms with Gasteiger partial charge in [0, 0.05) is 16.3 Å². The molecule has 76 valence electrons. The van der Waals surface area contributed by atoms with Crippen molar-refractivity contribution in [3.05, 3.63) is 34.1 Å². The van der Waals surface area contributed by atoms with E-state index in [1.807, 2.05) is 0 Å². The van der Waals surface area contributed by atoms with Crippen LogP contribution in [0.1, 0.15) is 23.7 Å². The predicted molar refractivity (Wildman–Crippen MR) is 57.1 cm³/mol. The maximum atomic E-state index is 13.5. The van der Waals surface area contributed by atoms with Crippen molar-refractivity contribution in [3.8, 4) is 0 Å². The Hall–Kier alpha value is -0.250. The maximum Gasteiger partial charge on any atom is 0.129 e. The highest BCUT2D eigenvalue weighted by molar-refractivity contribution is 7.98. The first-order valence-corrected chi connectivity index (χ1v) is 5.96. The van der Waals surface area contributed by atoms with Crippen molar-refractivity contribution in [2.45, 2.75) is 18.3 Å². The fourth-order valence-electron chi connectivity index (χ4n) is 1.63. The van der Waals surface area contributed by atoms with E-state index >= 15 is 0 Å². The van der Waals surface area contributed by atoms with E-state index in [1.54, 1.807) is 17.8 Å². The van der Waals surface area contributed by atoms with Crippen molar-refractivity contribution in [2.75, 3.05) is 5.75 Å². The van der Waals surface area contributed by atoms with Crippen LogP contribution in [-0.2, 0) is 5.75 Å². The molecule has 14 heavy (non-hydrogen) atoms. The molecule has 0 saturated carbocycles. The summed E-state index contributed by atoms with van der Waals surface area (Å²) in [6.45, 7) is 0. The van der Waals surface area contributed by atoms with Gasteiger partial charge >= 0.3 is 0 Å². The molecule has 0 spiro atoms. The predicted octanol–water partition coefficient (Wildman–Crippen LogP) is 3.15. The molecule has 1 N–H and O–H groups in total. The summed E-state index contributed by atoms with van der Waals surface area (Å²) in [6, 6.07) is 2.87. The fraction of sp³-hybridized carbons (Fsp3) is 0.400. The molecule has 0 bridgehead atoms. The summed E-state index contributed by atoms with van der Waals surface area (Å²) in [5, 5.41) is 10.3. The smallest absolute Gasteiger partial charge is 0.129 e. The summed E-state index contributed by atoms with van der Waals surface area (Å²) in [7, 11) is 0. The van der Waals surface area contributed by atoms with Gasteiger partial charge in [0.1, 0.15) is 5.82 Å². The minimum atomic E-state index is -0.710. The molecule has 0 aromatic heterocycles. The fourth-order valence-corrected chi connectivity index (χ4v) is 2.99. The molecule has 1 aromatic rings. The van der Waals surface area contributed by atoms with Crippen molar-refractivity contribution in [3.63, 3.8) is 0 Å². The summed E-state index contributed by atoms with van der Waals surface area (Å²) in [4.78, 5) is 0. The molecule has 0 unspecified atom stereocenters. The lowest BCUT2D eigenvalue weighted by molar-refractivity contribution is 0.170. The van der Waals surface area contributed by atoms with Crippen LogP contribution in [0.2, 0.25) is 5.02 Å². The normalized spacial score (nSPS) is 21.5. The van der Waals surface area contributed by atoms with Crippen LogP contribution in [-0.4, -0.2) is 10.9 Å². The molecule has 1 atom stereocenters. The van der Waals surface area contributed by atoms with Gasteiger partial charge in [-0.1, -0.05) is 11.6 Å². The third kappa shape index (κ3) is 1.76. The van der Waals surface area contributed by atoms with Gasteiger partial charge in [-0.3, -0.25) is 0 Å². The molecule has 1 aliphatic heterocycles. The number of fused-ring (bicyclic) bond motifs is 1. The number of aliphatic hydroxyl groups excluding tert-OH is 1. The average molecular weight is 233 g/mol. The van der Waals surface area contributed by atoms with Crippen molar-refractivity contribution in [2.24, 2.45) is 0 Å². The van der Waals surface area contributed by atoms with Gasteiger partial charge in [-0.15, -0.1) is 0 Å². The standard InChI is InChI=1S/C10H10ClFOS/c11-7-1-2-8(12)10-6(7)5-14-4-3-9(10)13/h1-2,9,13H,3-5H2/t9-/m0/s1. The van der Waals surface area contributed by atoms with E-state index in [0.29, 0.717) is 22.8 Å². The zero-order valence-corrected chi connectivity index (χ0v) is 9.04. The number of hydrogen-bond acceptors (Lipinski definition) is 2. The molecular formula is C10H10ClFOS. The van der Waals surface area contributed by atoms with E-state index in [9.17, 15) is 9.50 Å². The minimum Gasteiger partial charge on any atom is -0.388 e. The van der Waals surface area contributed by atoms with Gasteiger partial charge in [0.15, 0.2) is 0 Å². The quantitative estimate of drug-likeness (QED) is 0.742. The third-order valence-corrected chi connectivity index (χ3v) is 3.73. The summed E-state index contributed by atoms with van der Waals surface area (Å²) in [5.41, 5.74) is 1.14. The highest BCUT2D eigenvalue weighted by Crippen LogP contribution is 2.36. The Morgan fingerprint density at radius 1 is 1.50 bits per heavy atom. The highest BCUT2D eigenvalue weighted by Gasteiger charge is 2.22. The maximum absolute atomic E-state index is 13.5. The number of thioether (sulfide) groups is 1. The summed E-state index contributed by atoms with van der Waals surface area (Å²) in [6.07, 6.45) is -0.117. The van der Waals surface area contributed by atoms with E-state index in [-0.39, 0.29) is 5.82 Å².